The Kier molecular flexibility index (Phi) is 9.10. The maximum atomic E-state index is 13.4. The summed E-state index contributed by atoms with van der Waals surface area (Å²) in [7, 11) is 1.79. The van der Waals surface area contributed by atoms with Gasteiger partial charge in [0.1, 0.15) is 6.54 Å². The van der Waals surface area contributed by atoms with Crippen LogP contribution in [0.3, 0.4) is 0 Å². The van der Waals surface area contributed by atoms with Crippen LogP contribution < -0.4 is 10.6 Å². The van der Waals surface area contributed by atoms with Gasteiger partial charge in [0.15, 0.2) is 0 Å². The number of amides is 2. The Morgan fingerprint density at radius 2 is 1.71 bits per heavy atom. The van der Waals surface area contributed by atoms with E-state index in [1.807, 2.05) is 60.5 Å². The molecule has 2 aromatic carbocycles. The van der Waals surface area contributed by atoms with Gasteiger partial charge in [-0.2, -0.15) is 0 Å². The number of nitrogens with zero attached hydrogens (tertiary/aromatic N) is 4. The van der Waals surface area contributed by atoms with Crippen molar-refractivity contribution in [1.29, 1.82) is 0 Å². The van der Waals surface area contributed by atoms with Gasteiger partial charge in [-0.15, -0.1) is 0 Å². The first kappa shape index (κ1) is 27.3. The molecule has 0 spiro atoms. The predicted molar refractivity (Wildman–Crippen MR) is 151 cm³/mol. The van der Waals surface area contributed by atoms with E-state index in [1.165, 1.54) is 11.1 Å². The van der Waals surface area contributed by atoms with Gasteiger partial charge in [-0.05, 0) is 41.8 Å². The molecule has 4 rings (SSSR count). The number of aromatic nitrogens is 1. The zero-order valence-corrected chi connectivity index (χ0v) is 22.8. The number of hydrazine groups is 1. The molecule has 0 fully saturated rings. The second-order valence-corrected chi connectivity index (χ2v) is 10.0. The maximum absolute atomic E-state index is 13.4. The first-order chi connectivity index (χ1) is 18.3. The number of fused-ring (bicyclic) bond motifs is 1. The summed E-state index contributed by atoms with van der Waals surface area (Å²) in [6.07, 6.45) is 1.77. The summed E-state index contributed by atoms with van der Waals surface area (Å²) >= 11 is 0. The Morgan fingerprint density at radius 1 is 1.00 bits per heavy atom. The molecule has 200 valence electrons. The van der Waals surface area contributed by atoms with E-state index in [9.17, 15) is 9.59 Å². The van der Waals surface area contributed by atoms with E-state index in [0.717, 1.165) is 22.5 Å². The highest BCUT2D eigenvalue weighted by atomic mass is 16.2. The highest BCUT2D eigenvalue weighted by molar-refractivity contribution is 5.87. The predicted octanol–water partition coefficient (Wildman–Crippen LogP) is 3.68. The number of carbonyl (C=O) groups excluding carboxylic acids is 2. The quantitative estimate of drug-likeness (QED) is 0.406. The molecule has 0 unspecified atom stereocenters. The molecule has 38 heavy (non-hydrogen) atoms. The van der Waals surface area contributed by atoms with Gasteiger partial charge < -0.3 is 15.5 Å². The van der Waals surface area contributed by atoms with Crippen LogP contribution in [0.5, 0.6) is 0 Å². The van der Waals surface area contributed by atoms with E-state index >= 15 is 0 Å². The van der Waals surface area contributed by atoms with Crippen LogP contribution in [-0.2, 0) is 22.7 Å². The van der Waals surface area contributed by atoms with Crippen molar-refractivity contribution in [3.05, 3.63) is 83.6 Å². The van der Waals surface area contributed by atoms with Crippen LogP contribution in [0.2, 0.25) is 0 Å². The number of rotatable bonds is 11. The van der Waals surface area contributed by atoms with Crippen molar-refractivity contribution in [2.24, 2.45) is 0 Å². The molecule has 1 aliphatic heterocycles. The summed E-state index contributed by atoms with van der Waals surface area (Å²) < 4.78 is 0. The van der Waals surface area contributed by atoms with Crippen LogP contribution in [0.25, 0.3) is 11.3 Å². The van der Waals surface area contributed by atoms with Gasteiger partial charge in [0.2, 0.25) is 5.91 Å². The molecule has 8 heteroatoms. The molecule has 8 nitrogen and oxygen atoms in total. The Morgan fingerprint density at radius 3 is 2.37 bits per heavy atom. The molecule has 0 saturated heterocycles. The van der Waals surface area contributed by atoms with Crippen LogP contribution in [0.4, 0.5) is 5.69 Å². The van der Waals surface area contributed by atoms with Crippen molar-refractivity contribution >= 4 is 17.5 Å². The summed E-state index contributed by atoms with van der Waals surface area (Å²) in [5.41, 5.74) is 6.23. The van der Waals surface area contributed by atoms with Crippen molar-refractivity contribution < 1.29 is 9.59 Å². The third kappa shape index (κ3) is 6.96. The number of anilines is 1. The molecular weight excluding hydrogens is 476 g/mol. The molecule has 1 aromatic heterocycles. The van der Waals surface area contributed by atoms with Gasteiger partial charge in [-0.25, -0.2) is 5.01 Å². The van der Waals surface area contributed by atoms with Gasteiger partial charge in [-0.1, -0.05) is 56.3 Å². The van der Waals surface area contributed by atoms with Gasteiger partial charge in [0.05, 0.1) is 12.2 Å². The van der Waals surface area contributed by atoms with Crippen molar-refractivity contribution in [2.75, 3.05) is 38.5 Å². The van der Waals surface area contributed by atoms with E-state index in [4.69, 9.17) is 0 Å². The Bertz CT molecular complexity index is 1220. The van der Waals surface area contributed by atoms with Crippen LogP contribution in [-0.4, -0.2) is 71.0 Å². The number of carbonyl (C=O) groups is 2. The highest BCUT2D eigenvalue weighted by Gasteiger charge is 2.27. The van der Waals surface area contributed by atoms with Crippen molar-refractivity contribution in [3.63, 3.8) is 0 Å². The number of hydrogen-bond acceptors (Lipinski definition) is 6. The third-order valence-electron chi connectivity index (χ3n) is 6.85. The molecule has 0 atom stereocenters. The third-order valence-corrected chi connectivity index (χ3v) is 6.85. The molecule has 2 N–H and O–H groups in total. The van der Waals surface area contributed by atoms with Crippen LogP contribution in [0, 0.1) is 6.92 Å². The minimum absolute atomic E-state index is 0.0244. The fourth-order valence-electron chi connectivity index (χ4n) is 4.52. The average Bonchev–Trinajstić information content (AvgIpc) is 3.36. The van der Waals surface area contributed by atoms with E-state index in [-0.39, 0.29) is 24.9 Å². The van der Waals surface area contributed by atoms with Crippen LogP contribution in [0.15, 0.2) is 66.9 Å². The summed E-state index contributed by atoms with van der Waals surface area (Å²) in [6, 6.07) is 20.4. The van der Waals surface area contributed by atoms with Gasteiger partial charge >= 0.3 is 0 Å². The lowest BCUT2D eigenvalue weighted by atomic mass is 10.1. The van der Waals surface area contributed by atoms with E-state index < -0.39 is 0 Å². The molecule has 0 saturated carbocycles. The number of pyridine rings is 1. The lowest BCUT2D eigenvalue weighted by Gasteiger charge is -2.31. The van der Waals surface area contributed by atoms with Crippen LogP contribution >= 0.6 is 0 Å². The number of nitrogens with one attached hydrogen (secondary N) is 2. The second-order valence-electron chi connectivity index (χ2n) is 10.0. The van der Waals surface area contributed by atoms with Gasteiger partial charge in [0, 0.05) is 56.7 Å². The fraction of sp³-hybridized carbons (Fsp3) is 0.367. The molecule has 3 aromatic rings. The zero-order chi connectivity index (χ0) is 27.1. The molecule has 0 bridgehead atoms. The lowest BCUT2D eigenvalue weighted by molar-refractivity contribution is -0.151. The zero-order valence-electron chi connectivity index (χ0n) is 22.8. The Hall–Kier alpha value is -3.75. The Balaban J connectivity index is 1.40. The van der Waals surface area contributed by atoms with Crippen molar-refractivity contribution in [3.8, 4) is 11.3 Å². The SMILES string of the molecule is Cc1ccc(-c2ccccn2)cc1NCC(=O)N(CCNC(C)C)CC(=O)N(C)N1Cc2ccccc2C1. The average molecular weight is 515 g/mol. The number of hydrogen-bond donors (Lipinski definition) is 2. The second kappa shape index (κ2) is 12.7. The topological polar surface area (TPSA) is 80.8 Å². The number of likely N-dealkylation sites (N-methyl/N-ethyl adjacent to an activating group) is 1. The van der Waals surface area contributed by atoms with E-state index in [1.54, 1.807) is 23.2 Å². The van der Waals surface area contributed by atoms with E-state index in [2.05, 4.69) is 41.6 Å². The normalized spacial score (nSPS) is 12.9. The standard InChI is InChI=1S/C30H38N6O2/c1-22(2)31-15-16-35(21-30(38)34(4)36-19-25-9-5-6-10-26(25)20-36)29(37)18-33-28-17-24(13-12-23(28)3)27-11-7-8-14-32-27/h5-14,17,22,31,33H,15-16,18-21H2,1-4H3. The number of benzene rings is 2. The van der Waals surface area contributed by atoms with Crippen LogP contribution in [0.1, 0.15) is 30.5 Å². The lowest BCUT2D eigenvalue weighted by Crippen LogP contribution is -2.49. The minimum Gasteiger partial charge on any atom is -0.376 e. The first-order valence-corrected chi connectivity index (χ1v) is 13.2. The summed E-state index contributed by atoms with van der Waals surface area (Å²) in [6.45, 7) is 8.70. The minimum atomic E-state index is -0.121. The molecule has 0 radical (unpaired) electrons. The molecule has 2 amide bonds. The number of aryl methyl sites for hydroxylation is 1. The fourth-order valence-corrected chi connectivity index (χ4v) is 4.52. The first-order valence-electron chi connectivity index (χ1n) is 13.2. The smallest absolute Gasteiger partial charge is 0.256 e. The van der Waals surface area contributed by atoms with E-state index in [0.29, 0.717) is 32.2 Å². The maximum Gasteiger partial charge on any atom is 0.256 e. The molecule has 2 heterocycles. The molecular formula is C30H38N6O2. The summed E-state index contributed by atoms with van der Waals surface area (Å²) in [5.74, 6) is -0.228. The Labute approximate surface area is 225 Å². The molecule has 1 aliphatic rings. The van der Waals surface area contributed by atoms with Crippen molar-refractivity contribution in [2.45, 2.75) is 39.9 Å². The van der Waals surface area contributed by atoms with Crippen molar-refractivity contribution in [1.82, 2.24) is 25.2 Å². The van der Waals surface area contributed by atoms with Gasteiger partial charge in [-0.3, -0.25) is 19.6 Å². The monoisotopic (exact) mass is 514 g/mol. The highest BCUT2D eigenvalue weighted by Crippen LogP contribution is 2.25. The summed E-state index contributed by atoms with van der Waals surface area (Å²) in [5, 5.41) is 10.3. The molecule has 0 aliphatic carbocycles. The van der Waals surface area contributed by atoms with Gasteiger partial charge in [0.25, 0.3) is 5.91 Å². The largest absolute Gasteiger partial charge is 0.376 e. The summed E-state index contributed by atoms with van der Waals surface area (Å²) in [4.78, 5) is 32.7.